The van der Waals surface area contributed by atoms with Crippen LogP contribution in [0.1, 0.15) is 52.4 Å². The zero-order valence-electron chi connectivity index (χ0n) is 9.98. The van der Waals surface area contributed by atoms with Crippen molar-refractivity contribution in [1.29, 1.82) is 0 Å². The lowest BCUT2D eigenvalue weighted by Crippen LogP contribution is -1.96. The van der Waals surface area contributed by atoms with E-state index in [0.29, 0.717) is 0 Å². The number of ether oxygens (including phenoxy) is 1. The zero-order valence-corrected chi connectivity index (χ0v) is 9.98. The minimum atomic E-state index is 0. The normalized spacial score (nSPS) is 8.43. The molecule has 0 saturated carbocycles. The summed E-state index contributed by atoms with van der Waals surface area (Å²) in [6.45, 7) is 12.4. The van der Waals surface area contributed by atoms with Gasteiger partial charge in [-0.05, 0) is 12.8 Å². The number of rotatable bonds is 8. The molecule has 88 valence electrons. The third-order valence-electron chi connectivity index (χ3n) is 1.78. The molecule has 0 spiro atoms. The van der Waals surface area contributed by atoms with Crippen molar-refractivity contribution in [3.8, 4) is 0 Å². The van der Waals surface area contributed by atoms with Crippen LogP contribution in [0.15, 0.2) is 13.2 Å². The molecule has 2 N–H and O–H groups in total. The molecule has 0 radical (unpaired) electrons. The molecule has 14 heavy (non-hydrogen) atoms. The van der Waals surface area contributed by atoms with E-state index >= 15 is 0 Å². The van der Waals surface area contributed by atoms with Crippen LogP contribution in [-0.4, -0.2) is 18.7 Å². The van der Waals surface area contributed by atoms with Crippen molar-refractivity contribution in [3.63, 3.8) is 0 Å². The van der Waals surface area contributed by atoms with Gasteiger partial charge in [0.15, 0.2) is 0 Å². The Balaban J connectivity index is -0.000000376. The minimum absolute atomic E-state index is 0. The van der Waals surface area contributed by atoms with E-state index in [1.54, 1.807) is 0 Å². The predicted octanol–water partition coefficient (Wildman–Crippen LogP) is 3.36. The van der Waals surface area contributed by atoms with Gasteiger partial charge in [0.05, 0.1) is 0 Å². The largest absolute Gasteiger partial charge is 0.412 e. The molecule has 2 heteroatoms. The van der Waals surface area contributed by atoms with Crippen molar-refractivity contribution in [2.24, 2.45) is 0 Å². The molecule has 0 rings (SSSR count). The van der Waals surface area contributed by atoms with Crippen molar-refractivity contribution in [1.82, 2.24) is 0 Å². The highest BCUT2D eigenvalue weighted by molar-refractivity contribution is 4.38. The molecule has 0 aromatic carbocycles. The molecular formula is C12H28O2. The topological polar surface area (TPSA) is 40.7 Å². The van der Waals surface area contributed by atoms with E-state index in [4.69, 9.17) is 4.74 Å². The summed E-state index contributed by atoms with van der Waals surface area (Å²) in [6, 6.07) is 0. The second-order valence-electron chi connectivity index (χ2n) is 3.03. The van der Waals surface area contributed by atoms with Crippen molar-refractivity contribution in [3.05, 3.63) is 13.2 Å². The van der Waals surface area contributed by atoms with Crippen molar-refractivity contribution >= 4 is 0 Å². The molecule has 0 aliphatic carbocycles. The quantitative estimate of drug-likeness (QED) is 0.441. The van der Waals surface area contributed by atoms with Crippen LogP contribution >= 0.6 is 0 Å². The van der Waals surface area contributed by atoms with Crippen molar-refractivity contribution in [2.75, 3.05) is 13.2 Å². The van der Waals surface area contributed by atoms with Gasteiger partial charge in [-0.2, -0.15) is 0 Å². The lowest BCUT2D eigenvalue weighted by molar-refractivity contribution is 0.126. The molecule has 0 heterocycles. The number of unbranched alkanes of at least 4 members (excludes halogenated alkanes) is 4. The third kappa shape index (κ3) is 22.6. The summed E-state index contributed by atoms with van der Waals surface area (Å²) in [6.07, 6.45) is 7.68. The average molecular weight is 204 g/mol. The highest BCUT2D eigenvalue weighted by atomic mass is 16.5. The Hall–Kier alpha value is -0.340. The van der Waals surface area contributed by atoms with E-state index in [2.05, 4.69) is 27.0 Å². The van der Waals surface area contributed by atoms with E-state index in [9.17, 15) is 0 Å². The van der Waals surface area contributed by atoms with Crippen LogP contribution in [0.3, 0.4) is 0 Å². The van der Waals surface area contributed by atoms with E-state index in [1.165, 1.54) is 38.5 Å². The minimum Gasteiger partial charge on any atom is -0.412 e. The molecule has 0 fully saturated rings. The van der Waals surface area contributed by atoms with Crippen LogP contribution in [0.2, 0.25) is 0 Å². The fraction of sp³-hybridized carbons (Fsp3) is 0.833. The Morgan fingerprint density at radius 2 is 1.14 bits per heavy atom. The first-order chi connectivity index (χ1) is 6.41. The maximum Gasteiger partial charge on any atom is 0.0466 e. The molecule has 0 aliphatic rings. The Morgan fingerprint density at radius 3 is 1.43 bits per heavy atom. The van der Waals surface area contributed by atoms with Crippen LogP contribution in [0.4, 0.5) is 0 Å². The molecule has 0 atom stereocenters. The molecule has 0 bridgehead atoms. The van der Waals surface area contributed by atoms with Gasteiger partial charge in [-0.25, -0.2) is 0 Å². The fourth-order valence-corrected chi connectivity index (χ4v) is 1.01. The Kier molecular flexibility index (Phi) is 31.6. The van der Waals surface area contributed by atoms with E-state index < -0.39 is 0 Å². The maximum absolute atomic E-state index is 5.44. The van der Waals surface area contributed by atoms with Gasteiger partial charge in [-0.1, -0.05) is 39.5 Å². The first kappa shape index (κ1) is 19.3. The lowest BCUT2D eigenvalue weighted by atomic mass is 10.2. The number of hydrogen-bond donors (Lipinski definition) is 0. The summed E-state index contributed by atoms with van der Waals surface area (Å²) in [5.74, 6) is 0. The Bertz CT molecular complexity index is 66.7. The summed E-state index contributed by atoms with van der Waals surface area (Å²) in [4.78, 5) is 0. The second-order valence-corrected chi connectivity index (χ2v) is 3.03. The van der Waals surface area contributed by atoms with Gasteiger partial charge < -0.3 is 10.2 Å². The monoisotopic (exact) mass is 204 g/mol. The van der Waals surface area contributed by atoms with Crippen LogP contribution < -0.4 is 0 Å². The summed E-state index contributed by atoms with van der Waals surface area (Å²) in [5.41, 5.74) is 0. The summed E-state index contributed by atoms with van der Waals surface area (Å²) >= 11 is 0. The zero-order chi connectivity index (χ0) is 10.4. The lowest BCUT2D eigenvalue weighted by Gasteiger charge is -2.01. The summed E-state index contributed by atoms with van der Waals surface area (Å²) in [5, 5.41) is 0. The first-order valence-electron chi connectivity index (χ1n) is 5.49. The molecule has 0 aliphatic heterocycles. The van der Waals surface area contributed by atoms with Gasteiger partial charge in [0, 0.05) is 13.2 Å². The Labute approximate surface area is 89.7 Å². The van der Waals surface area contributed by atoms with Crippen LogP contribution in [-0.2, 0) is 4.74 Å². The Morgan fingerprint density at radius 1 is 0.786 bits per heavy atom. The van der Waals surface area contributed by atoms with E-state index in [1.807, 2.05) is 0 Å². The summed E-state index contributed by atoms with van der Waals surface area (Å²) < 4.78 is 5.44. The summed E-state index contributed by atoms with van der Waals surface area (Å²) in [7, 11) is 0. The van der Waals surface area contributed by atoms with Gasteiger partial charge in [-0.3, -0.25) is 0 Å². The molecule has 2 nitrogen and oxygen atoms in total. The number of hydrogen-bond acceptors (Lipinski definition) is 1. The van der Waals surface area contributed by atoms with Crippen molar-refractivity contribution < 1.29 is 10.2 Å². The SMILES string of the molecule is C=C.CCCCCOCCCCC.O. The fourth-order valence-electron chi connectivity index (χ4n) is 1.01. The van der Waals surface area contributed by atoms with Gasteiger partial charge >= 0.3 is 0 Å². The van der Waals surface area contributed by atoms with Crippen LogP contribution in [0.5, 0.6) is 0 Å². The molecule has 0 saturated heterocycles. The van der Waals surface area contributed by atoms with Crippen molar-refractivity contribution in [2.45, 2.75) is 52.4 Å². The highest BCUT2D eigenvalue weighted by Crippen LogP contribution is 1.97. The smallest absolute Gasteiger partial charge is 0.0466 e. The third-order valence-corrected chi connectivity index (χ3v) is 1.78. The van der Waals surface area contributed by atoms with Gasteiger partial charge in [0.25, 0.3) is 0 Å². The van der Waals surface area contributed by atoms with Crippen LogP contribution in [0.25, 0.3) is 0 Å². The van der Waals surface area contributed by atoms with E-state index in [-0.39, 0.29) is 5.48 Å². The molecule has 0 aromatic heterocycles. The van der Waals surface area contributed by atoms with Gasteiger partial charge in [0.2, 0.25) is 0 Å². The second kappa shape index (κ2) is 23.0. The predicted molar refractivity (Wildman–Crippen MR) is 64.7 cm³/mol. The molecule has 0 amide bonds. The highest BCUT2D eigenvalue weighted by Gasteiger charge is 1.88. The van der Waals surface area contributed by atoms with Gasteiger partial charge in [0.1, 0.15) is 0 Å². The van der Waals surface area contributed by atoms with E-state index in [0.717, 1.165) is 13.2 Å². The molecular weight excluding hydrogens is 176 g/mol. The first-order valence-corrected chi connectivity index (χ1v) is 5.49. The molecule has 0 unspecified atom stereocenters. The van der Waals surface area contributed by atoms with Gasteiger partial charge in [-0.15, -0.1) is 13.2 Å². The molecule has 0 aromatic rings. The average Bonchev–Trinajstić information content (AvgIpc) is 2.20. The van der Waals surface area contributed by atoms with Crippen LogP contribution in [0, 0.1) is 0 Å². The standard InChI is InChI=1S/C10H22O.C2H4.H2O/c1-3-5-7-9-11-10-8-6-4-2;1-2;/h3-10H2,1-2H3;1-2H2;1H2. The maximum atomic E-state index is 5.44.